The van der Waals surface area contributed by atoms with Crippen LogP contribution in [0.15, 0.2) is 18.2 Å². The van der Waals surface area contributed by atoms with Gasteiger partial charge in [-0.05, 0) is 18.2 Å². The number of rotatable bonds is 11. The summed E-state index contributed by atoms with van der Waals surface area (Å²) in [7, 11) is 1.32. The highest BCUT2D eigenvalue weighted by Gasteiger charge is 2.53. The van der Waals surface area contributed by atoms with Gasteiger partial charge in [-0.3, -0.25) is 24.0 Å². The normalized spacial score (nSPS) is 22.4. The fourth-order valence-electron chi connectivity index (χ4n) is 3.59. The van der Waals surface area contributed by atoms with Gasteiger partial charge in [0.1, 0.15) is 12.7 Å². The summed E-state index contributed by atoms with van der Waals surface area (Å²) in [5.74, 6) is -3.33. The maximum absolute atomic E-state index is 12.3. The predicted molar refractivity (Wildman–Crippen MR) is 125 cm³/mol. The van der Waals surface area contributed by atoms with Crippen molar-refractivity contribution >= 4 is 29.8 Å². The molecule has 0 radical (unpaired) electrons. The van der Waals surface area contributed by atoms with Crippen molar-refractivity contribution in [2.45, 2.75) is 58.4 Å². The van der Waals surface area contributed by atoms with Crippen LogP contribution >= 0.6 is 0 Å². The van der Waals surface area contributed by atoms with Crippen molar-refractivity contribution in [1.82, 2.24) is 5.32 Å². The highest BCUT2D eigenvalue weighted by Crippen LogP contribution is 2.34. The van der Waals surface area contributed by atoms with Gasteiger partial charge in [-0.15, -0.1) is 0 Å². The number of esters is 4. The molecule has 0 spiro atoms. The van der Waals surface area contributed by atoms with E-state index in [9.17, 15) is 24.0 Å². The fourth-order valence-corrected chi connectivity index (χ4v) is 3.59. The summed E-state index contributed by atoms with van der Waals surface area (Å²) in [6, 6.07) is 4.17. The Hall–Kier alpha value is -3.91. The number of amides is 1. The van der Waals surface area contributed by atoms with Crippen LogP contribution in [0.4, 0.5) is 0 Å². The molecule has 2 rings (SSSR count). The van der Waals surface area contributed by atoms with Gasteiger partial charge in [0.2, 0.25) is 12.4 Å². The first kappa shape index (κ1) is 30.3. The number of methoxy groups -OCH3 is 1. The van der Waals surface area contributed by atoms with Crippen molar-refractivity contribution in [3.05, 3.63) is 23.8 Å². The summed E-state index contributed by atoms with van der Waals surface area (Å²) in [6.45, 7) is 3.86. The van der Waals surface area contributed by atoms with Gasteiger partial charge >= 0.3 is 23.9 Å². The number of hydrogen-bond acceptors (Lipinski definition) is 13. The zero-order valence-corrected chi connectivity index (χ0v) is 21.6. The zero-order valence-electron chi connectivity index (χ0n) is 21.6. The van der Waals surface area contributed by atoms with Crippen LogP contribution in [0.25, 0.3) is 0 Å². The van der Waals surface area contributed by atoms with Crippen LogP contribution in [0.2, 0.25) is 0 Å². The van der Waals surface area contributed by atoms with Crippen LogP contribution in [0, 0.1) is 0 Å². The Morgan fingerprint density at radius 3 is 2.03 bits per heavy atom. The lowest BCUT2D eigenvalue weighted by molar-refractivity contribution is -0.288. The average molecular weight is 542 g/mol. The SMILES string of the molecule is COc1cc(C(=O)NCCO)ccc1OC1OC(COC(C)=O)C(OC(C)=O)C(OC(C)=O)C1OC(C)=O. The van der Waals surface area contributed by atoms with Gasteiger partial charge in [0.25, 0.3) is 5.91 Å². The van der Waals surface area contributed by atoms with E-state index < -0.39 is 67.1 Å². The molecule has 14 heteroatoms. The van der Waals surface area contributed by atoms with E-state index in [0.717, 1.165) is 27.7 Å². The van der Waals surface area contributed by atoms with E-state index in [-0.39, 0.29) is 30.2 Å². The minimum absolute atomic E-state index is 0.0458. The number of carbonyl (C=O) groups is 5. The van der Waals surface area contributed by atoms with Crippen molar-refractivity contribution in [1.29, 1.82) is 0 Å². The Balaban J connectivity index is 2.48. The molecule has 38 heavy (non-hydrogen) atoms. The van der Waals surface area contributed by atoms with Gasteiger partial charge in [-0.2, -0.15) is 0 Å². The van der Waals surface area contributed by atoms with Crippen molar-refractivity contribution in [2.75, 3.05) is 26.9 Å². The first-order chi connectivity index (χ1) is 18.0. The zero-order chi connectivity index (χ0) is 28.4. The lowest BCUT2D eigenvalue weighted by Gasteiger charge is -2.44. The second-order valence-corrected chi connectivity index (χ2v) is 8.03. The van der Waals surface area contributed by atoms with E-state index in [1.807, 2.05) is 0 Å². The van der Waals surface area contributed by atoms with E-state index in [4.69, 9.17) is 38.3 Å². The Labute approximate surface area is 218 Å². The van der Waals surface area contributed by atoms with Crippen LogP contribution in [-0.4, -0.2) is 92.5 Å². The minimum Gasteiger partial charge on any atom is -0.493 e. The van der Waals surface area contributed by atoms with Crippen molar-refractivity contribution in [3.63, 3.8) is 0 Å². The van der Waals surface area contributed by atoms with Gasteiger partial charge < -0.3 is 43.6 Å². The fraction of sp³-hybridized carbons (Fsp3) is 0.542. The summed E-state index contributed by atoms with van der Waals surface area (Å²) in [5, 5.41) is 11.4. The maximum atomic E-state index is 12.3. The Bertz CT molecular complexity index is 1030. The molecule has 0 bridgehead atoms. The van der Waals surface area contributed by atoms with Gasteiger partial charge in [0.15, 0.2) is 23.7 Å². The molecule has 0 aromatic heterocycles. The number of ether oxygens (including phenoxy) is 7. The number of nitrogens with one attached hydrogen (secondary N) is 1. The molecule has 5 atom stereocenters. The molecule has 1 aromatic carbocycles. The number of aliphatic hydroxyl groups excluding tert-OH is 1. The maximum Gasteiger partial charge on any atom is 0.303 e. The quantitative estimate of drug-likeness (QED) is 0.280. The Kier molecular flexibility index (Phi) is 11.3. The molecule has 1 aliphatic heterocycles. The molecule has 14 nitrogen and oxygen atoms in total. The predicted octanol–water partition coefficient (Wildman–Crippen LogP) is -0.121. The molecular weight excluding hydrogens is 510 g/mol. The third-order valence-corrected chi connectivity index (χ3v) is 5.01. The lowest BCUT2D eigenvalue weighted by Crippen LogP contribution is -2.63. The molecule has 0 aliphatic carbocycles. The monoisotopic (exact) mass is 541 g/mol. The third kappa shape index (κ3) is 8.59. The summed E-state index contributed by atoms with van der Waals surface area (Å²) in [6.07, 6.45) is -6.85. The first-order valence-electron chi connectivity index (χ1n) is 11.5. The highest BCUT2D eigenvalue weighted by atomic mass is 16.7. The molecule has 2 N–H and O–H groups in total. The van der Waals surface area contributed by atoms with Crippen LogP contribution < -0.4 is 14.8 Å². The molecule has 1 heterocycles. The number of carbonyl (C=O) groups excluding carboxylic acids is 5. The van der Waals surface area contributed by atoms with E-state index >= 15 is 0 Å². The minimum atomic E-state index is -1.47. The number of benzene rings is 1. The van der Waals surface area contributed by atoms with Crippen LogP contribution in [0.3, 0.4) is 0 Å². The second-order valence-electron chi connectivity index (χ2n) is 8.03. The molecule has 5 unspecified atom stereocenters. The topological polar surface area (TPSA) is 182 Å². The lowest BCUT2D eigenvalue weighted by atomic mass is 9.98. The van der Waals surface area contributed by atoms with Gasteiger partial charge in [-0.1, -0.05) is 0 Å². The molecular formula is C24H31NO13. The van der Waals surface area contributed by atoms with Gasteiger partial charge in [-0.25, -0.2) is 0 Å². The van der Waals surface area contributed by atoms with Crippen molar-refractivity contribution in [3.8, 4) is 11.5 Å². The molecule has 1 aromatic rings. The molecule has 1 fully saturated rings. The molecule has 1 aliphatic rings. The van der Waals surface area contributed by atoms with Crippen LogP contribution in [0.1, 0.15) is 38.1 Å². The van der Waals surface area contributed by atoms with E-state index in [1.54, 1.807) is 0 Å². The molecule has 1 saturated heterocycles. The summed E-state index contributed by atoms with van der Waals surface area (Å²) < 4.78 is 38.2. The van der Waals surface area contributed by atoms with Crippen molar-refractivity contribution < 1.29 is 62.2 Å². The largest absolute Gasteiger partial charge is 0.493 e. The van der Waals surface area contributed by atoms with Gasteiger partial charge in [0.05, 0.1) is 13.7 Å². The Morgan fingerprint density at radius 1 is 0.868 bits per heavy atom. The molecule has 1 amide bonds. The Morgan fingerprint density at radius 2 is 1.47 bits per heavy atom. The van der Waals surface area contributed by atoms with Crippen LogP contribution in [0.5, 0.6) is 11.5 Å². The summed E-state index contributed by atoms with van der Waals surface area (Å²) in [5.41, 5.74) is 0.198. The average Bonchev–Trinajstić information content (AvgIpc) is 2.84. The highest BCUT2D eigenvalue weighted by molar-refractivity contribution is 5.94. The summed E-state index contributed by atoms with van der Waals surface area (Å²) >= 11 is 0. The standard InChI is InChI=1S/C24H31NO13/c1-12(27)33-11-19-20(34-13(2)28)21(35-14(3)29)22(36-15(4)30)24(38-19)37-17-7-6-16(10-18(17)32-5)23(31)25-8-9-26/h6-7,10,19-22,24,26H,8-9,11H2,1-5H3,(H,25,31). The first-order valence-corrected chi connectivity index (χ1v) is 11.5. The third-order valence-electron chi connectivity index (χ3n) is 5.01. The molecule has 210 valence electrons. The van der Waals surface area contributed by atoms with Crippen LogP contribution in [-0.2, 0) is 42.9 Å². The number of aliphatic hydroxyl groups is 1. The number of hydrogen-bond donors (Lipinski definition) is 2. The van der Waals surface area contributed by atoms with E-state index in [0.29, 0.717) is 0 Å². The van der Waals surface area contributed by atoms with Gasteiger partial charge in [0, 0.05) is 39.8 Å². The molecule has 0 saturated carbocycles. The smallest absolute Gasteiger partial charge is 0.303 e. The summed E-state index contributed by atoms with van der Waals surface area (Å²) in [4.78, 5) is 59.5. The van der Waals surface area contributed by atoms with E-state index in [2.05, 4.69) is 5.32 Å². The van der Waals surface area contributed by atoms with E-state index in [1.165, 1.54) is 25.3 Å². The van der Waals surface area contributed by atoms with Crippen molar-refractivity contribution in [2.24, 2.45) is 0 Å². The second kappa shape index (κ2) is 14.1.